The fourth-order valence-electron chi connectivity index (χ4n) is 9.44. The van der Waals surface area contributed by atoms with Gasteiger partial charge in [0.1, 0.15) is 0 Å². The molecule has 3 unspecified atom stereocenters. The van der Waals surface area contributed by atoms with Crippen molar-refractivity contribution in [3.05, 3.63) is 320 Å². The fourth-order valence-corrected chi connectivity index (χ4v) is 9.44. The molecule has 0 nitrogen and oxygen atoms in total. The highest BCUT2D eigenvalue weighted by Crippen LogP contribution is 2.40. The third-order valence-electron chi connectivity index (χ3n) is 12.3. The molecule has 9 aromatic rings. The Morgan fingerprint density at radius 2 is 0.361 bits per heavy atom. The molecule has 0 N–H and O–H groups in total. The molecule has 61 heavy (non-hydrogen) atoms. The van der Waals surface area contributed by atoms with Crippen LogP contribution in [0.1, 0.15) is 107 Å². The van der Waals surface area contributed by atoms with Crippen molar-refractivity contribution >= 4 is 0 Å². The maximum Gasteiger partial charge on any atom is 0.0340 e. The van der Waals surface area contributed by atoms with E-state index in [0.29, 0.717) is 0 Å². The highest BCUT2D eigenvalue weighted by Gasteiger charge is 2.24. The lowest BCUT2D eigenvalue weighted by Crippen LogP contribution is -2.08. The number of benzene rings is 9. The van der Waals surface area contributed by atoms with Gasteiger partial charge in [-0.15, -0.1) is 0 Å². The van der Waals surface area contributed by atoms with E-state index in [2.05, 4.69) is 257 Å². The molecular formula is C61H52. The molecule has 0 spiro atoms. The van der Waals surface area contributed by atoms with Crippen molar-refractivity contribution in [1.29, 1.82) is 0 Å². The van der Waals surface area contributed by atoms with E-state index < -0.39 is 0 Å². The summed E-state index contributed by atoms with van der Waals surface area (Å²) in [6.07, 6.45) is 0. The third-order valence-corrected chi connectivity index (χ3v) is 12.3. The van der Waals surface area contributed by atoms with Crippen LogP contribution in [0.3, 0.4) is 0 Å². The summed E-state index contributed by atoms with van der Waals surface area (Å²) in [4.78, 5) is 0. The highest BCUT2D eigenvalue weighted by molar-refractivity contribution is 5.52. The van der Waals surface area contributed by atoms with E-state index in [4.69, 9.17) is 0 Å². The largest absolute Gasteiger partial charge is 0.0622 e. The van der Waals surface area contributed by atoms with E-state index in [1.807, 2.05) is 0 Å². The van der Waals surface area contributed by atoms with Gasteiger partial charge in [0.25, 0.3) is 0 Å². The number of aryl methyl sites for hydroxylation is 3. The molecule has 0 heteroatoms. The first-order chi connectivity index (χ1) is 30.0. The van der Waals surface area contributed by atoms with Gasteiger partial charge in [-0.05, 0) is 87.5 Å². The molecule has 9 aromatic carbocycles. The van der Waals surface area contributed by atoms with Gasteiger partial charge in [0, 0.05) is 23.7 Å². The summed E-state index contributed by atoms with van der Waals surface area (Å²) < 4.78 is 0. The Bertz CT molecular complexity index is 2490. The Balaban J connectivity index is 1.14. The van der Waals surface area contributed by atoms with Crippen LogP contribution in [-0.2, 0) is 0 Å². The fraction of sp³-hybridized carbons (Fsp3) is 0.115. The van der Waals surface area contributed by atoms with E-state index in [-0.39, 0.29) is 23.7 Å². The molecule has 0 radical (unpaired) electrons. The van der Waals surface area contributed by atoms with E-state index in [1.165, 1.54) is 83.5 Å². The summed E-state index contributed by atoms with van der Waals surface area (Å²) in [5, 5.41) is 0. The lowest BCUT2D eigenvalue weighted by Gasteiger charge is -2.24. The zero-order chi connectivity index (χ0) is 41.5. The highest BCUT2D eigenvalue weighted by atomic mass is 14.3. The molecule has 0 saturated heterocycles. The van der Waals surface area contributed by atoms with Crippen LogP contribution in [0.4, 0.5) is 0 Å². The van der Waals surface area contributed by atoms with Crippen LogP contribution < -0.4 is 0 Å². The summed E-state index contributed by atoms with van der Waals surface area (Å²) in [5.74, 6) is 0.454. The maximum absolute atomic E-state index is 2.37. The van der Waals surface area contributed by atoms with E-state index >= 15 is 0 Å². The minimum Gasteiger partial charge on any atom is -0.0622 e. The Morgan fingerprint density at radius 1 is 0.180 bits per heavy atom. The van der Waals surface area contributed by atoms with Crippen LogP contribution >= 0.6 is 0 Å². The minimum atomic E-state index is 0.0367. The second-order valence-electron chi connectivity index (χ2n) is 16.7. The third kappa shape index (κ3) is 8.82. The van der Waals surface area contributed by atoms with Gasteiger partial charge < -0.3 is 0 Å². The van der Waals surface area contributed by atoms with Crippen molar-refractivity contribution < 1.29 is 0 Å². The summed E-state index contributed by atoms with van der Waals surface area (Å²) in [6.45, 7) is 6.55. The molecule has 0 amide bonds. The standard InChI is InChI=1S/C61H52/c1-43-16-13-25-55(40-43)59(46-19-7-4-8-20-46)52-34-28-49(29-35-52)58(50-30-36-53(37-31-50)60(47-21-9-5-10-22-47)56-26-14-17-44(2)41-56)51-32-38-54(39-33-51)61(48-23-11-6-12-24-48)57-27-15-18-45(3)42-57/h4-42,58-61H,1-3H3. The van der Waals surface area contributed by atoms with Crippen molar-refractivity contribution in [2.45, 2.75) is 44.4 Å². The van der Waals surface area contributed by atoms with Crippen molar-refractivity contribution in [2.75, 3.05) is 0 Å². The molecule has 0 saturated carbocycles. The van der Waals surface area contributed by atoms with Crippen molar-refractivity contribution in [3.63, 3.8) is 0 Å². The van der Waals surface area contributed by atoms with Gasteiger partial charge in [-0.1, -0.05) is 253 Å². The topological polar surface area (TPSA) is 0 Å². The molecule has 0 aromatic heterocycles. The van der Waals surface area contributed by atoms with Gasteiger partial charge >= 0.3 is 0 Å². The normalized spacial score (nSPS) is 13.2. The first-order valence-corrected chi connectivity index (χ1v) is 21.6. The van der Waals surface area contributed by atoms with E-state index in [9.17, 15) is 0 Å². The lowest BCUT2D eigenvalue weighted by atomic mass is 9.79. The quantitative estimate of drug-likeness (QED) is 0.108. The number of rotatable bonds is 12. The van der Waals surface area contributed by atoms with Crippen LogP contribution in [0.25, 0.3) is 0 Å². The Morgan fingerprint density at radius 3 is 0.574 bits per heavy atom. The van der Waals surface area contributed by atoms with Crippen molar-refractivity contribution in [3.8, 4) is 0 Å². The van der Waals surface area contributed by atoms with Gasteiger partial charge in [-0.3, -0.25) is 0 Å². The van der Waals surface area contributed by atoms with Crippen molar-refractivity contribution in [2.24, 2.45) is 0 Å². The summed E-state index contributed by atoms with van der Waals surface area (Å²) in [5.41, 5.74) is 19.3. The van der Waals surface area contributed by atoms with Crippen LogP contribution in [0.2, 0.25) is 0 Å². The first kappa shape index (κ1) is 39.4. The van der Waals surface area contributed by atoms with Gasteiger partial charge in [0.15, 0.2) is 0 Å². The van der Waals surface area contributed by atoms with Gasteiger partial charge in [0.2, 0.25) is 0 Å². The molecule has 0 aliphatic rings. The first-order valence-electron chi connectivity index (χ1n) is 21.6. The monoisotopic (exact) mass is 784 g/mol. The Labute approximate surface area is 362 Å². The number of hydrogen-bond donors (Lipinski definition) is 0. The van der Waals surface area contributed by atoms with Crippen LogP contribution in [0, 0.1) is 20.8 Å². The van der Waals surface area contributed by atoms with Crippen LogP contribution in [0.5, 0.6) is 0 Å². The summed E-state index contributed by atoms with van der Waals surface area (Å²) in [7, 11) is 0. The van der Waals surface area contributed by atoms with Gasteiger partial charge in [-0.2, -0.15) is 0 Å². The Hall–Kier alpha value is -7.02. The smallest absolute Gasteiger partial charge is 0.0340 e. The van der Waals surface area contributed by atoms with Crippen molar-refractivity contribution in [1.82, 2.24) is 0 Å². The second kappa shape index (κ2) is 18.1. The van der Waals surface area contributed by atoms with E-state index in [1.54, 1.807) is 0 Å². The van der Waals surface area contributed by atoms with Gasteiger partial charge in [-0.25, -0.2) is 0 Å². The molecule has 0 heterocycles. The molecule has 0 fully saturated rings. The summed E-state index contributed by atoms with van der Waals surface area (Å²) >= 11 is 0. The predicted molar refractivity (Wildman–Crippen MR) is 256 cm³/mol. The molecule has 0 aliphatic heterocycles. The average Bonchev–Trinajstić information content (AvgIpc) is 3.30. The van der Waals surface area contributed by atoms with Gasteiger partial charge in [0.05, 0.1) is 0 Å². The minimum absolute atomic E-state index is 0.0367. The maximum atomic E-state index is 2.37. The zero-order valence-corrected chi connectivity index (χ0v) is 35.3. The average molecular weight is 785 g/mol. The Kier molecular flexibility index (Phi) is 11.7. The molecular weight excluding hydrogens is 733 g/mol. The summed E-state index contributed by atoms with van der Waals surface area (Å²) in [6, 6.07) is 88.0. The number of hydrogen-bond acceptors (Lipinski definition) is 0. The zero-order valence-electron chi connectivity index (χ0n) is 35.3. The second-order valence-corrected chi connectivity index (χ2v) is 16.7. The molecule has 9 rings (SSSR count). The molecule has 0 bridgehead atoms. The predicted octanol–water partition coefficient (Wildman–Crippen LogP) is 15.3. The van der Waals surface area contributed by atoms with E-state index in [0.717, 1.165) is 0 Å². The van der Waals surface area contributed by atoms with Crippen LogP contribution in [-0.4, -0.2) is 0 Å². The van der Waals surface area contributed by atoms with Crippen LogP contribution in [0.15, 0.2) is 237 Å². The lowest BCUT2D eigenvalue weighted by molar-refractivity contribution is 0.932. The molecule has 3 atom stereocenters. The molecule has 296 valence electrons. The molecule has 0 aliphatic carbocycles. The SMILES string of the molecule is Cc1cccc(C(c2ccccc2)c2ccc(C(c3ccc(C(c4ccccc4)c4cccc(C)c4)cc3)c3ccc(C(c4ccccc4)c4cccc(C)c4)cc3)cc2)c1.